The molecule has 0 saturated heterocycles. The fourth-order valence-corrected chi connectivity index (χ4v) is 2.70. The number of carbonyl (C=O) groups excluding carboxylic acids is 2. The van der Waals surface area contributed by atoms with Crippen LogP contribution in [-0.4, -0.2) is 28.9 Å². The number of hydrogen-bond acceptors (Lipinski definition) is 5. The zero-order valence-electron chi connectivity index (χ0n) is 16.7. The van der Waals surface area contributed by atoms with Gasteiger partial charge >= 0.3 is 0 Å². The molecule has 7 nitrogen and oxygen atoms in total. The van der Waals surface area contributed by atoms with Crippen molar-refractivity contribution < 1.29 is 14.0 Å². The van der Waals surface area contributed by atoms with E-state index in [9.17, 15) is 14.0 Å². The molecule has 1 aromatic heterocycles. The molecule has 156 valence electrons. The highest BCUT2D eigenvalue weighted by atomic mass is 19.1. The second kappa shape index (κ2) is 10.5. The molecule has 2 aromatic rings. The Bertz CT molecular complexity index is 811. The minimum absolute atomic E-state index is 0.0228. The van der Waals surface area contributed by atoms with Gasteiger partial charge in [-0.15, -0.1) is 0 Å². The molecule has 6 N–H and O–H groups in total. The first kappa shape index (κ1) is 22.3. The summed E-state index contributed by atoms with van der Waals surface area (Å²) in [5.74, 6) is -0.758. The van der Waals surface area contributed by atoms with Gasteiger partial charge in [-0.1, -0.05) is 38.5 Å². The van der Waals surface area contributed by atoms with Gasteiger partial charge in [0.05, 0.1) is 6.04 Å². The number of carbonyl (C=O) groups is 2. The lowest BCUT2D eigenvalue weighted by Crippen LogP contribution is -2.53. The largest absolute Gasteiger partial charge is 0.384 e. The van der Waals surface area contributed by atoms with Crippen LogP contribution in [-0.2, 0) is 22.6 Å². The molecule has 29 heavy (non-hydrogen) atoms. The van der Waals surface area contributed by atoms with Crippen LogP contribution in [0.25, 0.3) is 0 Å². The molecule has 1 unspecified atom stereocenters. The van der Waals surface area contributed by atoms with Crippen LogP contribution in [0.5, 0.6) is 0 Å². The molecular weight excluding hydrogens is 373 g/mol. The summed E-state index contributed by atoms with van der Waals surface area (Å²) < 4.78 is 13.2. The molecule has 3 atom stereocenters. The quantitative estimate of drug-likeness (QED) is 0.507. The normalized spacial score (nSPS) is 13.9. The van der Waals surface area contributed by atoms with Crippen LogP contribution in [0.2, 0.25) is 0 Å². The highest BCUT2D eigenvalue weighted by Gasteiger charge is 2.26. The molecule has 0 saturated carbocycles. The average molecular weight is 401 g/mol. The molecule has 0 bridgehead atoms. The van der Waals surface area contributed by atoms with Crippen molar-refractivity contribution in [2.45, 2.75) is 45.3 Å². The summed E-state index contributed by atoms with van der Waals surface area (Å²) >= 11 is 0. The summed E-state index contributed by atoms with van der Waals surface area (Å²) in [6.07, 6.45) is 2.53. The molecule has 1 heterocycles. The Hall–Kier alpha value is -3.00. The number of nitrogen functional groups attached to an aromatic ring is 1. The monoisotopic (exact) mass is 401 g/mol. The van der Waals surface area contributed by atoms with E-state index in [0.717, 1.165) is 17.5 Å². The third kappa shape index (κ3) is 6.83. The summed E-state index contributed by atoms with van der Waals surface area (Å²) in [5, 5.41) is 5.52. The predicted octanol–water partition coefficient (Wildman–Crippen LogP) is 1.52. The van der Waals surface area contributed by atoms with Crippen molar-refractivity contribution in [2.75, 3.05) is 5.73 Å². The first-order chi connectivity index (χ1) is 13.8. The van der Waals surface area contributed by atoms with Crippen LogP contribution in [0.1, 0.15) is 31.4 Å². The van der Waals surface area contributed by atoms with Gasteiger partial charge in [-0.3, -0.25) is 9.59 Å². The van der Waals surface area contributed by atoms with E-state index in [-0.39, 0.29) is 30.6 Å². The number of halogens is 1. The van der Waals surface area contributed by atoms with E-state index in [1.807, 2.05) is 13.8 Å². The van der Waals surface area contributed by atoms with Crippen molar-refractivity contribution in [1.82, 2.24) is 15.6 Å². The van der Waals surface area contributed by atoms with Gasteiger partial charge in [0.1, 0.15) is 17.7 Å². The molecule has 0 radical (unpaired) electrons. The van der Waals surface area contributed by atoms with E-state index in [0.29, 0.717) is 5.82 Å². The molecular formula is C21H28FN5O2. The van der Waals surface area contributed by atoms with E-state index in [1.54, 1.807) is 30.5 Å². The van der Waals surface area contributed by atoms with Crippen LogP contribution < -0.4 is 22.1 Å². The molecule has 1 aromatic carbocycles. The molecule has 8 heteroatoms. The summed E-state index contributed by atoms with van der Waals surface area (Å²) in [7, 11) is 0. The number of pyridine rings is 1. The van der Waals surface area contributed by atoms with E-state index in [1.165, 1.54) is 12.1 Å². The Labute approximate surface area is 170 Å². The Morgan fingerprint density at radius 1 is 1.10 bits per heavy atom. The highest BCUT2D eigenvalue weighted by molar-refractivity contribution is 5.90. The fourth-order valence-electron chi connectivity index (χ4n) is 2.70. The average Bonchev–Trinajstić information content (AvgIpc) is 2.72. The van der Waals surface area contributed by atoms with E-state index in [4.69, 9.17) is 11.5 Å². The van der Waals surface area contributed by atoms with Crippen LogP contribution in [0.15, 0.2) is 42.6 Å². The lowest BCUT2D eigenvalue weighted by atomic mass is 9.98. The van der Waals surface area contributed by atoms with Gasteiger partial charge in [-0.25, -0.2) is 9.37 Å². The summed E-state index contributed by atoms with van der Waals surface area (Å²) in [6.45, 7) is 4.06. The zero-order valence-corrected chi connectivity index (χ0v) is 16.7. The van der Waals surface area contributed by atoms with Gasteiger partial charge in [-0.05, 0) is 35.2 Å². The number of anilines is 1. The maximum Gasteiger partial charge on any atom is 0.243 e. The van der Waals surface area contributed by atoms with Crippen molar-refractivity contribution in [1.29, 1.82) is 0 Å². The number of amides is 2. The predicted molar refractivity (Wildman–Crippen MR) is 110 cm³/mol. The minimum Gasteiger partial charge on any atom is -0.384 e. The Kier molecular flexibility index (Phi) is 8.09. The second-order valence-electron chi connectivity index (χ2n) is 7.11. The summed E-state index contributed by atoms with van der Waals surface area (Å²) in [4.78, 5) is 29.3. The molecule has 0 aliphatic heterocycles. The topological polar surface area (TPSA) is 123 Å². The van der Waals surface area contributed by atoms with Crippen LogP contribution in [0.4, 0.5) is 10.2 Å². The number of hydrogen-bond donors (Lipinski definition) is 4. The van der Waals surface area contributed by atoms with Crippen molar-refractivity contribution in [3.8, 4) is 0 Å². The molecule has 2 amide bonds. The minimum atomic E-state index is -0.843. The Morgan fingerprint density at radius 3 is 2.34 bits per heavy atom. The Balaban J connectivity index is 2.09. The SMILES string of the molecule is CCC(C)[C@@H](N)C(=O)N[C@@H](Cc1ccc(F)cc1)C(=O)NCc1ccc(N)nc1. The third-order valence-corrected chi connectivity index (χ3v) is 4.86. The standard InChI is InChI=1S/C21H28FN5O2/c1-3-13(2)19(24)21(29)27-17(10-14-4-7-16(22)8-5-14)20(28)26-12-15-6-9-18(23)25-11-15/h4-9,11,13,17,19H,3,10,12,24H2,1-2H3,(H2,23,25)(H,26,28)(H,27,29)/t13?,17-,19+/m0/s1. The number of nitrogens with one attached hydrogen (secondary N) is 2. The van der Waals surface area contributed by atoms with Crippen molar-refractivity contribution in [2.24, 2.45) is 11.7 Å². The smallest absolute Gasteiger partial charge is 0.243 e. The first-order valence-electron chi connectivity index (χ1n) is 9.58. The van der Waals surface area contributed by atoms with Gasteiger partial charge in [0.15, 0.2) is 0 Å². The van der Waals surface area contributed by atoms with Crippen molar-refractivity contribution >= 4 is 17.6 Å². The van der Waals surface area contributed by atoms with Crippen molar-refractivity contribution in [3.63, 3.8) is 0 Å². The molecule has 0 aliphatic carbocycles. The van der Waals surface area contributed by atoms with Crippen molar-refractivity contribution in [3.05, 3.63) is 59.5 Å². The van der Waals surface area contributed by atoms with E-state index < -0.39 is 18.0 Å². The maximum atomic E-state index is 13.2. The molecule has 0 fully saturated rings. The lowest BCUT2D eigenvalue weighted by Gasteiger charge is -2.23. The second-order valence-corrected chi connectivity index (χ2v) is 7.11. The first-order valence-corrected chi connectivity index (χ1v) is 9.58. The molecule has 2 rings (SSSR count). The van der Waals surface area contributed by atoms with Gasteiger partial charge in [0, 0.05) is 19.2 Å². The van der Waals surface area contributed by atoms with E-state index in [2.05, 4.69) is 15.6 Å². The third-order valence-electron chi connectivity index (χ3n) is 4.86. The summed E-state index contributed by atoms with van der Waals surface area (Å²) in [5.41, 5.74) is 13.1. The van der Waals surface area contributed by atoms with Crippen LogP contribution in [0, 0.1) is 11.7 Å². The van der Waals surface area contributed by atoms with Gasteiger partial charge in [0.2, 0.25) is 11.8 Å². The van der Waals surface area contributed by atoms with Gasteiger partial charge in [-0.2, -0.15) is 0 Å². The fraction of sp³-hybridized carbons (Fsp3) is 0.381. The molecule has 0 aliphatic rings. The molecule has 0 spiro atoms. The number of nitrogens with two attached hydrogens (primary N) is 2. The number of benzene rings is 1. The van der Waals surface area contributed by atoms with E-state index >= 15 is 0 Å². The number of aromatic nitrogens is 1. The number of nitrogens with zero attached hydrogens (tertiary/aromatic N) is 1. The van der Waals surface area contributed by atoms with Gasteiger partial charge in [0.25, 0.3) is 0 Å². The van der Waals surface area contributed by atoms with Crippen LogP contribution >= 0.6 is 0 Å². The zero-order chi connectivity index (χ0) is 21.4. The lowest BCUT2D eigenvalue weighted by molar-refractivity contribution is -0.130. The van der Waals surface area contributed by atoms with Crippen LogP contribution in [0.3, 0.4) is 0 Å². The Morgan fingerprint density at radius 2 is 1.76 bits per heavy atom. The number of rotatable bonds is 9. The maximum absolute atomic E-state index is 13.2. The summed E-state index contributed by atoms with van der Waals surface area (Å²) in [6, 6.07) is 7.64. The highest BCUT2D eigenvalue weighted by Crippen LogP contribution is 2.09. The van der Waals surface area contributed by atoms with Gasteiger partial charge < -0.3 is 22.1 Å².